The summed E-state index contributed by atoms with van der Waals surface area (Å²) in [5, 5.41) is 15.0. The number of aryl methyl sites for hydroxylation is 3. The molecule has 0 aliphatic carbocycles. The average molecular weight is 645 g/mol. The summed E-state index contributed by atoms with van der Waals surface area (Å²) in [6.07, 6.45) is 4.42. The van der Waals surface area contributed by atoms with Crippen LogP contribution < -0.4 is 4.74 Å². The molecule has 6 rings (SSSR count). The summed E-state index contributed by atoms with van der Waals surface area (Å²) in [7, 11) is 1.74. The Balaban J connectivity index is 1.47. The Kier molecular flexibility index (Phi) is 8.67. The van der Waals surface area contributed by atoms with Gasteiger partial charge >= 0.3 is 5.97 Å². The second-order valence-corrected chi connectivity index (χ2v) is 14.2. The number of halogens is 2. The van der Waals surface area contributed by atoms with Gasteiger partial charge in [-0.3, -0.25) is 4.79 Å². The topological polar surface area (TPSA) is 93.0 Å². The number of nitrogens with zero attached hydrogens (tertiary/aromatic N) is 3. The van der Waals surface area contributed by atoms with Crippen molar-refractivity contribution in [3.05, 3.63) is 94.9 Å². The molecule has 0 saturated heterocycles. The minimum absolute atomic E-state index is 0.0392. The summed E-state index contributed by atoms with van der Waals surface area (Å²) < 4.78 is 38.8. The molecular weight excluding hydrogens is 606 g/mol. The lowest BCUT2D eigenvalue weighted by Crippen LogP contribution is -2.29. The Morgan fingerprint density at radius 1 is 1.09 bits per heavy atom. The standard InChI is InChI=1S/C36H38F2N4O3S/c1-35(2)14-15-36(3,23-7-5-6-22(18-23)8-11-31(43)44)34-40-33(42(4)41-34)27-19-24(9-10-28(27)37)45-32-26(13-17-46-21-35)25-12-16-39-30(25)20-29(32)38/h5-7,9-10,12,16,18-20,39H,8,11,13-15,17,21H2,1-4H3,(H,43,44). The molecule has 1 unspecified atom stereocenters. The third-order valence-corrected chi connectivity index (χ3v) is 10.5. The molecule has 0 saturated carbocycles. The number of carboxylic acid groups (broad SMARTS) is 1. The number of H-pyrrole nitrogens is 1. The van der Waals surface area contributed by atoms with Gasteiger partial charge in [0.05, 0.1) is 11.0 Å². The zero-order valence-corrected chi connectivity index (χ0v) is 27.3. The molecule has 3 heterocycles. The van der Waals surface area contributed by atoms with Crippen LogP contribution in [0.5, 0.6) is 11.5 Å². The smallest absolute Gasteiger partial charge is 0.303 e. The second-order valence-electron chi connectivity index (χ2n) is 13.1. The second kappa shape index (κ2) is 12.5. The van der Waals surface area contributed by atoms with Crippen LogP contribution >= 0.6 is 11.8 Å². The average Bonchev–Trinajstić information content (AvgIpc) is 3.65. The number of aromatic nitrogens is 4. The van der Waals surface area contributed by atoms with E-state index in [1.54, 1.807) is 24.0 Å². The van der Waals surface area contributed by atoms with Gasteiger partial charge in [-0.25, -0.2) is 18.4 Å². The Hall–Kier alpha value is -4.18. The van der Waals surface area contributed by atoms with Gasteiger partial charge in [0.1, 0.15) is 11.6 Å². The molecule has 2 aromatic heterocycles. The third kappa shape index (κ3) is 6.40. The zero-order valence-electron chi connectivity index (χ0n) is 26.5. The number of hydrogen-bond acceptors (Lipinski definition) is 5. The van der Waals surface area contributed by atoms with E-state index < -0.39 is 23.0 Å². The van der Waals surface area contributed by atoms with E-state index in [0.717, 1.165) is 46.4 Å². The van der Waals surface area contributed by atoms with Gasteiger partial charge in [-0.2, -0.15) is 16.9 Å². The number of benzene rings is 3. The van der Waals surface area contributed by atoms with Crippen molar-refractivity contribution in [2.45, 2.75) is 58.3 Å². The van der Waals surface area contributed by atoms with E-state index in [1.807, 2.05) is 42.1 Å². The van der Waals surface area contributed by atoms with Crippen molar-refractivity contribution in [3.8, 4) is 22.9 Å². The van der Waals surface area contributed by atoms with Crippen molar-refractivity contribution >= 4 is 28.6 Å². The first-order valence-corrected chi connectivity index (χ1v) is 16.7. The van der Waals surface area contributed by atoms with Gasteiger partial charge in [0, 0.05) is 42.2 Å². The normalized spacial score (nSPS) is 18.5. The lowest BCUT2D eigenvalue weighted by Gasteiger charge is -2.33. The van der Waals surface area contributed by atoms with Gasteiger partial charge in [0.15, 0.2) is 23.2 Å². The van der Waals surface area contributed by atoms with Crippen molar-refractivity contribution < 1.29 is 23.4 Å². The molecule has 0 fully saturated rings. The number of thioether (sulfide) groups is 1. The Labute approximate surface area is 271 Å². The number of carboxylic acids is 1. The van der Waals surface area contributed by atoms with Gasteiger partial charge < -0.3 is 14.8 Å². The Morgan fingerprint density at radius 2 is 1.91 bits per heavy atom. The number of carbonyl (C=O) groups is 1. The highest BCUT2D eigenvalue weighted by molar-refractivity contribution is 7.99. The lowest BCUT2D eigenvalue weighted by molar-refractivity contribution is -0.136. The van der Waals surface area contributed by atoms with Gasteiger partial charge in [0.25, 0.3) is 0 Å². The van der Waals surface area contributed by atoms with Crippen molar-refractivity contribution in [2.24, 2.45) is 12.5 Å². The van der Waals surface area contributed by atoms with Crippen LogP contribution in [0.1, 0.15) is 62.5 Å². The number of rotatable bonds is 4. The summed E-state index contributed by atoms with van der Waals surface area (Å²) in [6.45, 7) is 6.60. The fourth-order valence-corrected chi connectivity index (χ4v) is 7.37. The van der Waals surface area contributed by atoms with E-state index in [4.69, 9.17) is 14.8 Å². The number of aromatic amines is 1. The molecule has 1 aliphatic heterocycles. The molecule has 4 bridgehead atoms. The monoisotopic (exact) mass is 644 g/mol. The van der Waals surface area contributed by atoms with E-state index in [0.29, 0.717) is 35.8 Å². The fraction of sp³-hybridized carbons (Fsp3) is 0.361. The largest absolute Gasteiger partial charge is 0.481 e. The predicted octanol–water partition coefficient (Wildman–Crippen LogP) is 8.45. The van der Waals surface area contributed by atoms with E-state index >= 15 is 8.78 Å². The maximum atomic E-state index is 15.6. The minimum Gasteiger partial charge on any atom is -0.481 e. The van der Waals surface area contributed by atoms with Crippen LogP contribution in [0.15, 0.2) is 60.8 Å². The van der Waals surface area contributed by atoms with Crippen molar-refractivity contribution in [1.82, 2.24) is 19.7 Å². The van der Waals surface area contributed by atoms with Gasteiger partial charge in [-0.15, -0.1) is 0 Å². The van der Waals surface area contributed by atoms with Gasteiger partial charge in [0.2, 0.25) is 0 Å². The van der Waals surface area contributed by atoms with E-state index in [9.17, 15) is 9.90 Å². The number of aliphatic carboxylic acids is 1. The van der Waals surface area contributed by atoms with Crippen LogP contribution in [0.3, 0.4) is 0 Å². The third-order valence-electron chi connectivity index (χ3n) is 9.00. The van der Waals surface area contributed by atoms with Crippen molar-refractivity contribution in [1.29, 1.82) is 0 Å². The highest BCUT2D eigenvalue weighted by Gasteiger charge is 2.36. The van der Waals surface area contributed by atoms with Gasteiger partial charge in [-0.05, 0) is 84.9 Å². The van der Waals surface area contributed by atoms with E-state index in [-0.39, 0.29) is 23.1 Å². The number of fused-ring (bicyclic) bond motifs is 8. The van der Waals surface area contributed by atoms with E-state index in [1.165, 1.54) is 18.2 Å². The number of nitrogens with one attached hydrogen (secondary N) is 1. The summed E-state index contributed by atoms with van der Waals surface area (Å²) in [4.78, 5) is 19.3. The van der Waals surface area contributed by atoms with Crippen LogP contribution in [0.25, 0.3) is 22.3 Å². The van der Waals surface area contributed by atoms with E-state index in [2.05, 4.69) is 25.8 Å². The molecule has 5 aromatic rings. The highest BCUT2D eigenvalue weighted by Crippen LogP contribution is 2.42. The molecule has 0 spiro atoms. The maximum absolute atomic E-state index is 15.6. The zero-order chi connectivity index (χ0) is 32.6. The molecule has 0 amide bonds. The summed E-state index contributed by atoms with van der Waals surface area (Å²) >= 11 is 1.83. The quantitative estimate of drug-likeness (QED) is 0.204. The van der Waals surface area contributed by atoms with Crippen LogP contribution in [0.4, 0.5) is 8.78 Å². The number of ether oxygens (including phenoxy) is 1. The molecule has 1 atom stereocenters. The molecule has 7 nitrogen and oxygen atoms in total. The maximum Gasteiger partial charge on any atom is 0.303 e. The summed E-state index contributed by atoms with van der Waals surface area (Å²) in [6, 6.07) is 15.7. The molecule has 1 aliphatic rings. The predicted molar refractivity (Wildman–Crippen MR) is 178 cm³/mol. The van der Waals surface area contributed by atoms with Gasteiger partial charge in [-0.1, -0.05) is 38.1 Å². The van der Waals surface area contributed by atoms with Crippen LogP contribution in [0, 0.1) is 17.0 Å². The Bertz CT molecular complexity index is 1920. The van der Waals surface area contributed by atoms with Crippen molar-refractivity contribution in [3.63, 3.8) is 0 Å². The molecule has 0 radical (unpaired) electrons. The molecule has 2 N–H and O–H groups in total. The minimum atomic E-state index is -0.844. The van der Waals surface area contributed by atoms with Crippen LogP contribution in [0.2, 0.25) is 0 Å². The fourth-order valence-electron chi connectivity index (χ4n) is 6.18. The first kappa shape index (κ1) is 31.8. The van der Waals surface area contributed by atoms with Crippen LogP contribution in [-0.2, 0) is 30.1 Å². The molecule has 3 aromatic carbocycles. The Morgan fingerprint density at radius 3 is 2.72 bits per heavy atom. The molecular formula is C36H38F2N4O3S. The van der Waals surface area contributed by atoms with Crippen LogP contribution in [-0.4, -0.2) is 42.3 Å². The molecule has 10 heteroatoms. The summed E-state index contributed by atoms with van der Waals surface area (Å²) in [5.74, 6) is 1.14. The molecule has 46 heavy (non-hydrogen) atoms. The van der Waals surface area contributed by atoms with Crippen molar-refractivity contribution in [2.75, 3.05) is 11.5 Å². The highest BCUT2D eigenvalue weighted by atomic mass is 32.2. The first-order valence-electron chi connectivity index (χ1n) is 15.5. The summed E-state index contributed by atoms with van der Waals surface area (Å²) in [5.41, 5.74) is 2.88. The number of hydrogen-bond donors (Lipinski definition) is 2. The lowest BCUT2D eigenvalue weighted by atomic mass is 9.73. The first-order chi connectivity index (χ1) is 21.9. The molecule has 240 valence electrons. The SMILES string of the molecule is Cn1nc2nc1-c1cc(ccc1F)Oc1c(F)cc3[nH]ccc3c1CCSCC(C)(C)CCC2(C)c1cccc(CCC(=O)O)c1.